The van der Waals surface area contributed by atoms with Crippen LogP contribution in [0.15, 0.2) is 0 Å². The number of carbonyl (C=O) groups is 1. The van der Waals surface area contributed by atoms with E-state index in [0.717, 1.165) is 25.7 Å². The topological polar surface area (TPSA) is 87.0 Å². The molecular weight excluding hydrogens is 236 g/mol. The number of rotatable bonds is 11. The smallest absolute Gasteiger partial charge is 0.306 e. The molecule has 0 aromatic heterocycles. The average Bonchev–Trinajstić information content (AvgIpc) is 2.36. The molecule has 3 N–H and O–H groups in total. The van der Waals surface area contributed by atoms with Crippen LogP contribution in [0.1, 0.15) is 51.9 Å². The van der Waals surface area contributed by atoms with Gasteiger partial charge in [-0.3, -0.25) is 4.79 Å². The van der Waals surface area contributed by atoms with Crippen molar-refractivity contribution in [3.8, 4) is 0 Å². The molecule has 0 spiro atoms. The van der Waals surface area contributed by atoms with Crippen LogP contribution in [0, 0.1) is 0 Å². The fourth-order valence-corrected chi connectivity index (χ4v) is 1.63. The maximum atomic E-state index is 11.3. The Balaban J connectivity index is 3.54. The van der Waals surface area contributed by atoms with E-state index in [1.54, 1.807) is 0 Å². The van der Waals surface area contributed by atoms with Gasteiger partial charge >= 0.3 is 5.97 Å². The summed E-state index contributed by atoms with van der Waals surface area (Å²) in [5.41, 5.74) is 0. The van der Waals surface area contributed by atoms with Gasteiger partial charge in [-0.05, 0) is 19.3 Å². The van der Waals surface area contributed by atoms with Crippen LogP contribution >= 0.6 is 0 Å². The Hall–Kier alpha value is -0.650. The van der Waals surface area contributed by atoms with Crippen molar-refractivity contribution in [3.63, 3.8) is 0 Å². The number of unbranched alkanes of at least 4 members (excludes halogenated alkanes) is 2. The third kappa shape index (κ3) is 9.39. The molecular formula is C13H26O5. The van der Waals surface area contributed by atoms with Gasteiger partial charge in [-0.15, -0.1) is 0 Å². The van der Waals surface area contributed by atoms with Gasteiger partial charge in [-0.25, -0.2) is 0 Å². The molecule has 0 aliphatic heterocycles. The molecule has 0 fully saturated rings. The highest BCUT2D eigenvalue weighted by molar-refractivity contribution is 5.69. The van der Waals surface area contributed by atoms with Crippen LogP contribution in [0.25, 0.3) is 0 Å². The first-order chi connectivity index (χ1) is 8.63. The van der Waals surface area contributed by atoms with Crippen LogP contribution in [0.3, 0.4) is 0 Å². The molecule has 5 heteroatoms. The minimum atomic E-state index is -0.827. The largest absolute Gasteiger partial charge is 0.457 e. The molecule has 108 valence electrons. The van der Waals surface area contributed by atoms with Gasteiger partial charge in [0.2, 0.25) is 0 Å². The Labute approximate surface area is 109 Å². The van der Waals surface area contributed by atoms with E-state index >= 15 is 0 Å². The normalized spacial score (nSPS) is 12.7. The van der Waals surface area contributed by atoms with Gasteiger partial charge in [0.1, 0.15) is 6.10 Å². The lowest BCUT2D eigenvalue weighted by Crippen LogP contribution is -2.25. The summed E-state index contributed by atoms with van der Waals surface area (Å²) >= 11 is 0. The molecule has 5 nitrogen and oxygen atoms in total. The molecule has 1 unspecified atom stereocenters. The molecule has 0 heterocycles. The molecule has 1 atom stereocenters. The predicted octanol–water partition coefficient (Wildman–Crippen LogP) is 0.994. The van der Waals surface area contributed by atoms with E-state index in [1.165, 1.54) is 0 Å². The first-order valence-corrected chi connectivity index (χ1v) is 6.73. The van der Waals surface area contributed by atoms with Crippen molar-refractivity contribution in [3.05, 3.63) is 0 Å². The van der Waals surface area contributed by atoms with Crippen molar-refractivity contribution in [2.75, 3.05) is 13.2 Å². The van der Waals surface area contributed by atoms with Crippen molar-refractivity contribution in [1.29, 1.82) is 0 Å². The van der Waals surface area contributed by atoms with Crippen LogP contribution in [0.2, 0.25) is 0 Å². The van der Waals surface area contributed by atoms with Crippen LogP contribution in [-0.2, 0) is 9.53 Å². The van der Waals surface area contributed by atoms with Crippen molar-refractivity contribution in [1.82, 2.24) is 0 Å². The highest BCUT2D eigenvalue weighted by Gasteiger charge is 2.12. The monoisotopic (exact) mass is 262 g/mol. The lowest BCUT2D eigenvalue weighted by molar-refractivity contribution is -0.153. The lowest BCUT2D eigenvalue weighted by Gasteiger charge is -2.13. The molecule has 0 aliphatic rings. The molecule has 0 aliphatic carbocycles. The van der Waals surface area contributed by atoms with Crippen molar-refractivity contribution >= 4 is 5.97 Å². The summed E-state index contributed by atoms with van der Waals surface area (Å²) in [6.45, 7) is 1.37. The average molecular weight is 262 g/mol. The zero-order valence-corrected chi connectivity index (χ0v) is 11.2. The molecule has 0 saturated heterocycles. The van der Waals surface area contributed by atoms with E-state index in [-0.39, 0.29) is 25.7 Å². The summed E-state index contributed by atoms with van der Waals surface area (Å²) in [4.78, 5) is 11.3. The van der Waals surface area contributed by atoms with E-state index in [1.807, 2.05) is 0 Å². The Kier molecular flexibility index (Phi) is 11.0. The zero-order chi connectivity index (χ0) is 13.8. The summed E-state index contributed by atoms with van der Waals surface area (Å²) in [5.74, 6) is -0.441. The standard InChI is InChI=1S/C13H26O5/c1-2-3-4-6-11(16)7-5-8-13(17)18-12(9-14)10-15/h11-12,14-16H,2-10H2,1H3. The van der Waals surface area contributed by atoms with Crippen LogP contribution in [-0.4, -0.2) is 46.7 Å². The van der Waals surface area contributed by atoms with Crippen LogP contribution in [0.5, 0.6) is 0 Å². The van der Waals surface area contributed by atoms with Crippen LogP contribution < -0.4 is 0 Å². The lowest BCUT2D eigenvalue weighted by atomic mass is 10.1. The molecule has 0 bridgehead atoms. The number of carbonyl (C=O) groups excluding carboxylic acids is 1. The van der Waals surface area contributed by atoms with Crippen LogP contribution in [0.4, 0.5) is 0 Å². The third-order valence-corrected chi connectivity index (χ3v) is 2.76. The van der Waals surface area contributed by atoms with Gasteiger partial charge in [0.15, 0.2) is 0 Å². The Morgan fingerprint density at radius 3 is 2.28 bits per heavy atom. The number of aliphatic hydroxyl groups is 3. The number of ether oxygens (including phenoxy) is 1. The summed E-state index contributed by atoms with van der Waals surface area (Å²) in [5, 5.41) is 27.1. The quantitative estimate of drug-likeness (QED) is 0.382. The van der Waals surface area contributed by atoms with Crippen molar-refractivity contribution in [2.45, 2.75) is 64.1 Å². The van der Waals surface area contributed by atoms with Gasteiger partial charge in [-0.1, -0.05) is 26.2 Å². The molecule has 0 radical (unpaired) electrons. The summed E-state index contributed by atoms with van der Waals surface area (Å²) in [7, 11) is 0. The fourth-order valence-electron chi connectivity index (χ4n) is 1.63. The predicted molar refractivity (Wildman–Crippen MR) is 68.1 cm³/mol. The van der Waals surface area contributed by atoms with Gasteiger partial charge < -0.3 is 20.1 Å². The number of hydrogen-bond donors (Lipinski definition) is 3. The molecule has 0 rings (SSSR count). The molecule has 18 heavy (non-hydrogen) atoms. The Bertz CT molecular complexity index is 204. The number of hydrogen-bond acceptors (Lipinski definition) is 5. The summed E-state index contributed by atoms with van der Waals surface area (Å²) in [6, 6.07) is 0. The molecule has 0 saturated carbocycles. The third-order valence-electron chi connectivity index (χ3n) is 2.76. The fraction of sp³-hybridized carbons (Fsp3) is 0.923. The number of aliphatic hydroxyl groups excluding tert-OH is 3. The van der Waals surface area contributed by atoms with Crippen molar-refractivity contribution < 1.29 is 24.9 Å². The van der Waals surface area contributed by atoms with Gasteiger partial charge in [-0.2, -0.15) is 0 Å². The first-order valence-electron chi connectivity index (χ1n) is 6.73. The number of esters is 1. The Morgan fingerprint density at radius 2 is 1.72 bits per heavy atom. The molecule has 0 aromatic carbocycles. The highest BCUT2D eigenvalue weighted by Crippen LogP contribution is 2.10. The van der Waals surface area contributed by atoms with E-state index < -0.39 is 12.1 Å². The van der Waals surface area contributed by atoms with Gasteiger partial charge in [0.25, 0.3) is 0 Å². The maximum Gasteiger partial charge on any atom is 0.306 e. The summed E-state index contributed by atoms with van der Waals surface area (Å²) < 4.78 is 4.81. The maximum absolute atomic E-state index is 11.3. The molecule has 0 amide bonds. The van der Waals surface area contributed by atoms with E-state index in [2.05, 4.69) is 6.92 Å². The van der Waals surface area contributed by atoms with Gasteiger partial charge in [0.05, 0.1) is 19.3 Å². The first kappa shape index (κ1) is 17.4. The van der Waals surface area contributed by atoms with E-state index in [4.69, 9.17) is 14.9 Å². The summed E-state index contributed by atoms with van der Waals surface area (Å²) in [6.07, 6.45) is 4.22. The minimum absolute atomic E-state index is 0.210. The second-order valence-electron chi connectivity index (χ2n) is 4.52. The van der Waals surface area contributed by atoms with E-state index in [0.29, 0.717) is 12.8 Å². The van der Waals surface area contributed by atoms with Gasteiger partial charge in [0, 0.05) is 6.42 Å². The zero-order valence-electron chi connectivity index (χ0n) is 11.2. The second kappa shape index (κ2) is 11.4. The van der Waals surface area contributed by atoms with E-state index in [9.17, 15) is 9.90 Å². The second-order valence-corrected chi connectivity index (χ2v) is 4.52. The molecule has 0 aromatic rings. The minimum Gasteiger partial charge on any atom is -0.457 e. The Morgan fingerprint density at radius 1 is 1.11 bits per heavy atom. The van der Waals surface area contributed by atoms with Crippen molar-refractivity contribution in [2.24, 2.45) is 0 Å². The highest BCUT2D eigenvalue weighted by atomic mass is 16.6. The SMILES string of the molecule is CCCCCC(O)CCCC(=O)OC(CO)CO.